The summed E-state index contributed by atoms with van der Waals surface area (Å²) in [6.45, 7) is 7.95. The third-order valence-electron chi connectivity index (χ3n) is 3.42. The first-order chi connectivity index (χ1) is 8.42. The van der Waals surface area contributed by atoms with Gasteiger partial charge in [0.1, 0.15) is 9.84 Å². The van der Waals surface area contributed by atoms with Gasteiger partial charge in [0.15, 0.2) is 0 Å². The average Bonchev–Trinajstić information content (AvgIpc) is 2.26. The van der Waals surface area contributed by atoms with Crippen molar-refractivity contribution in [3.8, 4) is 0 Å². The van der Waals surface area contributed by atoms with Gasteiger partial charge >= 0.3 is 0 Å². The summed E-state index contributed by atoms with van der Waals surface area (Å²) in [6.07, 6.45) is 2.04. The Morgan fingerprint density at radius 1 is 1.28 bits per heavy atom. The Morgan fingerprint density at radius 3 is 2.56 bits per heavy atom. The van der Waals surface area contributed by atoms with Crippen LogP contribution in [0.4, 0.5) is 0 Å². The predicted octanol–water partition coefficient (Wildman–Crippen LogP) is 0.0736. The SMILES string of the molecule is COCCN1CCN(CCCS(C)(=O)=O)C[C@H]1C. The van der Waals surface area contributed by atoms with E-state index in [-0.39, 0.29) is 0 Å². The molecule has 0 amide bonds. The molecule has 0 aromatic heterocycles. The Labute approximate surface area is 111 Å². The molecule has 0 aliphatic carbocycles. The number of rotatable bonds is 7. The second-order valence-corrected chi connectivity index (χ2v) is 7.42. The highest BCUT2D eigenvalue weighted by Gasteiger charge is 2.22. The first-order valence-corrected chi connectivity index (χ1v) is 8.61. The molecule has 1 aliphatic heterocycles. The Morgan fingerprint density at radius 2 is 2.00 bits per heavy atom. The number of sulfone groups is 1. The minimum absolute atomic E-state index is 0.297. The van der Waals surface area contributed by atoms with Crippen molar-refractivity contribution in [1.29, 1.82) is 0 Å². The van der Waals surface area contributed by atoms with Crippen LogP contribution in [0.15, 0.2) is 0 Å². The summed E-state index contributed by atoms with van der Waals surface area (Å²) in [6, 6.07) is 0.520. The zero-order chi connectivity index (χ0) is 13.6. The molecule has 0 bridgehead atoms. The van der Waals surface area contributed by atoms with E-state index >= 15 is 0 Å². The summed E-state index contributed by atoms with van der Waals surface area (Å²) >= 11 is 0. The van der Waals surface area contributed by atoms with E-state index in [1.54, 1.807) is 7.11 Å². The Kier molecular flexibility index (Phi) is 6.55. The molecule has 0 aromatic rings. The number of hydrogen-bond donors (Lipinski definition) is 0. The molecule has 1 heterocycles. The molecule has 0 spiro atoms. The highest BCUT2D eigenvalue weighted by Crippen LogP contribution is 2.09. The fourth-order valence-electron chi connectivity index (χ4n) is 2.36. The average molecular weight is 278 g/mol. The topological polar surface area (TPSA) is 49.9 Å². The Bertz CT molecular complexity index is 332. The monoisotopic (exact) mass is 278 g/mol. The maximum absolute atomic E-state index is 11.1. The van der Waals surface area contributed by atoms with Crippen LogP contribution in [0.25, 0.3) is 0 Å². The van der Waals surface area contributed by atoms with Gasteiger partial charge in [-0.25, -0.2) is 8.42 Å². The van der Waals surface area contributed by atoms with Gasteiger partial charge < -0.3 is 9.64 Å². The number of piperazine rings is 1. The van der Waals surface area contributed by atoms with Crippen LogP contribution >= 0.6 is 0 Å². The smallest absolute Gasteiger partial charge is 0.147 e. The Hall–Kier alpha value is -0.170. The van der Waals surface area contributed by atoms with E-state index in [4.69, 9.17) is 4.74 Å². The van der Waals surface area contributed by atoms with Crippen LogP contribution in [0.1, 0.15) is 13.3 Å². The van der Waals surface area contributed by atoms with E-state index in [0.717, 1.165) is 45.8 Å². The normalized spacial score (nSPS) is 23.4. The fourth-order valence-corrected chi connectivity index (χ4v) is 3.02. The van der Waals surface area contributed by atoms with Gasteiger partial charge in [-0.05, 0) is 19.9 Å². The van der Waals surface area contributed by atoms with E-state index in [9.17, 15) is 8.42 Å². The molecule has 1 aliphatic rings. The first-order valence-electron chi connectivity index (χ1n) is 6.55. The zero-order valence-corrected chi connectivity index (χ0v) is 12.6. The van der Waals surface area contributed by atoms with Gasteiger partial charge in [0.25, 0.3) is 0 Å². The van der Waals surface area contributed by atoms with Crippen molar-refractivity contribution in [2.45, 2.75) is 19.4 Å². The van der Waals surface area contributed by atoms with Gasteiger partial charge in [-0.3, -0.25) is 4.90 Å². The van der Waals surface area contributed by atoms with E-state index in [1.165, 1.54) is 6.26 Å². The van der Waals surface area contributed by atoms with Gasteiger partial charge in [-0.2, -0.15) is 0 Å². The van der Waals surface area contributed by atoms with Crippen LogP contribution in [0, 0.1) is 0 Å². The molecular weight excluding hydrogens is 252 g/mol. The highest BCUT2D eigenvalue weighted by molar-refractivity contribution is 7.90. The molecule has 1 fully saturated rings. The quantitative estimate of drug-likeness (QED) is 0.660. The summed E-state index contributed by atoms with van der Waals surface area (Å²) < 4.78 is 27.2. The molecule has 18 heavy (non-hydrogen) atoms. The van der Waals surface area contributed by atoms with Crippen LogP contribution < -0.4 is 0 Å². The van der Waals surface area contributed by atoms with Crippen LogP contribution in [0.5, 0.6) is 0 Å². The van der Waals surface area contributed by atoms with Crippen molar-refractivity contribution < 1.29 is 13.2 Å². The molecule has 0 N–H and O–H groups in total. The lowest BCUT2D eigenvalue weighted by atomic mass is 10.2. The molecule has 0 saturated carbocycles. The fraction of sp³-hybridized carbons (Fsp3) is 1.00. The van der Waals surface area contributed by atoms with Crippen molar-refractivity contribution in [3.05, 3.63) is 0 Å². The molecule has 5 nitrogen and oxygen atoms in total. The lowest BCUT2D eigenvalue weighted by Gasteiger charge is -2.39. The first kappa shape index (κ1) is 15.9. The van der Waals surface area contributed by atoms with Gasteiger partial charge in [0.05, 0.1) is 12.4 Å². The molecular formula is C12H26N2O3S. The minimum Gasteiger partial charge on any atom is -0.383 e. The molecule has 0 radical (unpaired) electrons. The predicted molar refractivity (Wildman–Crippen MR) is 73.7 cm³/mol. The van der Waals surface area contributed by atoms with Gasteiger partial charge in [0.2, 0.25) is 0 Å². The zero-order valence-electron chi connectivity index (χ0n) is 11.8. The second kappa shape index (κ2) is 7.43. The van der Waals surface area contributed by atoms with Crippen molar-refractivity contribution in [2.24, 2.45) is 0 Å². The molecule has 1 rings (SSSR count). The van der Waals surface area contributed by atoms with Crippen molar-refractivity contribution >= 4 is 9.84 Å². The van der Waals surface area contributed by atoms with Crippen LogP contribution in [-0.4, -0.2) is 82.7 Å². The maximum atomic E-state index is 11.1. The summed E-state index contributed by atoms with van der Waals surface area (Å²) in [5, 5.41) is 0. The van der Waals surface area contributed by atoms with Gasteiger partial charge in [-0.15, -0.1) is 0 Å². The van der Waals surface area contributed by atoms with Crippen molar-refractivity contribution in [3.63, 3.8) is 0 Å². The minimum atomic E-state index is -2.81. The molecule has 0 unspecified atom stereocenters. The standard InChI is InChI=1S/C12H26N2O3S/c1-12-11-13(5-4-10-18(3,15)16)6-7-14(12)8-9-17-2/h12H,4-11H2,1-3H3/t12-/m1/s1. The Balaban J connectivity index is 2.24. The van der Waals surface area contributed by atoms with Crippen LogP contribution in [0.3, 0.4) is 0 Å². The summed E-state index contributed by atoms with van der Waals surface area (Å²) in [4.78, 5) is 4.79. The number of hydrogen-bond acceptors (Lipinski definition) is 5. The molecule has 108 valence electrons. The number of methoxy groups -OCH3 is 1. The summed E-state index contributed by atoms with van der Waals surface area (Å²) in [5.41, 5.74) is 0. The van der Waals surface area contributed by atoms with E-state index in [1.807, 2.05) is 0 Å². The second-order valence-electron chi connectivity index (χ2n) is 5.16. The van der Waals surface area contributed by atoms with E-state index < -0.39 is 9.84 Å². The van der Waals surface area contributed by atoms with Gasteiger partial charge in [-0.1, -0.05) is 0 Å². The van der Waals surface area contributed by atoms with Gasteiger partial charge in [0, 0.05) is 45.6 Å². The third-order valence-corrected chi connectivity index (χ3v) is 4.45. The summed E-state index contributed by atoms with van der Waals surface area (Å²) in [5.74, 6) is 0.297. The van der Waals surface area contributed by atoms with Crippen molar-refractivity contribution in [1.82, 2.24) is 9.80 Å². The molecule has 0 aromatic carbocycles. The third kappa shape index (κ3) is 6.13. The lowest BCUT2D eigenvalue weighted by Crippen LogP contribution is -2.52. The molecule has 1 saturated heterocycles. The van der Waals surface area contributed by atoms with Crippen LogP contribution in [0.2, 0.25) is 0 Å². The van der Waals surface area contributed by atoms with Crippen molar-refractivity contribution in [2.75, 3.05) is 58.4 Å². The van der Waals surface area contributed by atoms with E-state index in [2.05, 4.69) is 16.7 Å². The summed E-state index contributed by atoms with van der Waals surface area (Å²) in [7, 11) is -1.09. The molecule has 6 heteroatoms. The highest BCUT2D eigenvalue weighted by atomic mass is 32.2. The number of nitrogens with zero attached hydrogens (tertiary/aromatic N) is 2. The maximum Gasteiger partial charge on any atom is 0.147 e. The molecule has 1 atom stereocenters. The number of ether oxygens (including phenoxy) is 1. The van der Waals surface area contributed by atoms with Crippen LogP contribution in [-0.2, 0) is 14.6 Å². The largest absolute Gasteiger partial charge is 0.383 e. The van der Waals surface area contributed by atoms with E-state index in [0.29, 0.717) is 11.8 Å². The lowest BCUT2D eigenvalue weighted by molar-refractivity contribution is 0.0592.